The van der Waals surface area contributed by atoms with Crippen LogP contribution >= 0.6 is 23.2 Å². The third-order valence-electron chi connectivity index (χ3n) is 5.31. The lowest BCUT2D eigenvalue weighted by Crippen LogP contribution is -2.30. The number of hydrogen-bond donors (Lipinski definition) is 0. The molecule has 2 aromatic carbocycles. The van der Waals surface area contributed by atoms with E-state index in [0.29, 0.717) is 21.2 Å². The van der Waals surface area contributed by atoms with Crippen LogP contribution in [0.4, 0.5) is 5.69 Å². The first kappa shape index (κ1) is 24.5. The highest BCUT2D eigenvalue weighted by atomic mass is 35.5. The fourth-order valence-corrected chi connectivity index (χ4v) is 5.27. The number of nitroso groups, excluding NO2 is 1. The topological polar surface area (TPSA) is 69.9 Å². The average Bonchev–Trinajstić information content (AvgIpc) is 3.26. The summed E-state index contributed by atoms with van der Waals surface area (Å²) in [5.41, 5.74) is 1.11. The smallest absolute Gasteiger partial charge is 0.257 e. The van der Waals surface area contributed by atoms with Gasteiger partial charge in [0.05, 0.1) is 0 Å². The second kappa shape index (κ2) is 10.2. The molecule has 172 valence electrons. The highest BCUT2D eigenvalue weighted by Gasteiger charge is 2.28. The van der Waals surface area contributed by atoms with Gasteiger partial charge in [0.15, 0.2) is 7.05 Å². The van der Waals surface area contributed by atoms with E-state index in [9.17, 15) is 13.3 Å². The molecule has 1 heterocycles. The quantitative estimate of drug-likeness (QED) is 0.430. The summed E-state index contributed by atoms with van der Waals surface area (Å²) in [4.78, 5) is 13.9. The van der Waals surface area contributed by atoms with Gasteiger partial charge in [-0.05, 0) is 37.1 Å². The van der Waals surface area contributed by atoms with Crippen molar-refractivity contribution in [2.45, 2.75) is 24.2 Å². The molecule has 0 bridgehead atoms. The number of rotatable bonds is 9. The van der Waals surface area contributed by atoms with Crippen LogP contribution in [0.5, 0.6) is 11.5 Å². The lowest BCUT2D eigenvalue weighted by atomic mass is 10.3. The first-order chi connectivity index (χ1) is 15.1. The van der Waals surface area contributed by atoms with Crippen molar-refractivity contribution in [1.29, 1.82) is 0 Å². The molecule has 1 saturated heterocycles. The maximum atomic E-state index is 13.4. The zero-order valence-corrected chi connectivity index (χ0v) is 20.4. The van der Waals surface area contributed by atoms with E-state index in [-0.39, 0.29) is 28.6 Å². The molecule has 0 aliphatic carbocycles. The van der Waals surface area contributed by atoms with Crippen LogP contribution in [0.15, 0.2) is 53.6 Å². The van der Waals surface area contributed by atoms with Gasteiger partial charge in [0.2, 0.25) is 10.0 Å². The molecule has 0 saturated carbocycles. The van der Waals surface area contributed by atoms with Crippen LogP contribution in [0.1, 0.15) is 19.3 Å². The predicted octanol–water partition coefficient (Wildman–Crippen LogP) is 5.45. The number of halogens is 2. The molecule has 1 aliphatic rings. The lowest BCUT2D eigenvalue weighted by molar-refractivity contribution is -0.428. The van der Waals surface area contributed by atoms with E-state index >= 15 is 0 Å². The lowest BCUT2D eigenvalue weighted by Gasteiger charge is -2.23. The Kier molecular flexibility index (Phi) is 7.82. The van der Waals surface area contributed by atoms with E-state index in [1.807, 2.05) is 0 Å². The summed E-state index contributed by atoms with van der Waals surface area (Å²) in [5, 5.41) is 0.704. The predicted molar refractivity (Wildman–Crippen MR) is 127 cm³/mol. The van der Waals surface area contributed by atoms with Gasteiger partial charge >= 0.3 is 0 Å². The van der Waals surface area contributed by atoms with Crippen molar-refractivity contribution in [3.8, 4) is 11.5 Å². The Balaban J connectivity index is 1.89. The van der Waals surface area contributed by atoms with Crippen LogP contribution < -0.4 is 4.74 Å². The van der Waals surface area contributed by atoms with E-state index in [2.05, 4.69) is 11.5 Å². The normalized spacial score (nSPS) is 14.1. The molecule has 0 spiro atoms. The van der Waals surface area contributed by atoms with Gasteiger partial charge in [-0.3, -0.25) is 0 Å². The molecule has 1 fully saturated rings. The van der Waals surface area contributed by atoms with Gasteiger partial charge in [-0.1, -0.05) is 29.8 Å². The van der Waals surface area contributed by atoms with Crippen LogP contribution in [-0.4, -0.2) is 56.1 Å². The van der Waals surface area contributed by atoms with Gasteiger partial charge < -0.3 is 9.64 Å². The minimum atomic E-state index is -3.97. The van der Waals surface area contributed by atoms with Crippen LogP contribution in [-0.2, 0) is 10.0 Å². The molecule has 0 aromatic heterocycles. The van der Waals surface area contributed by atoms with E-state index in [0.717, 1.165) is 31.6 Å². The van der Waals surface area contributed by atoms with Crippen molar-refractivity contribution in [3.05, 3.63) is 63.6 Å². The maximum Gasteiger partial charge on any atom is 0.257 e. The first-order valence-electron chi connectivity index (χ1n) is 10.2. The fraction of sp³-hybridized carbons (Fsp3) is 0.364. The fourth-order valence-electron chi connectivity index (χ4n) is 3.46. The van der Waals surface area contributed by atoms with Gasteiger partial charge in [0, 0.05) is 70.6 Å². The molecule has 32 heavy (non-hydrogen) atoms. The Morgan fingerprint density at radius 3 is 2.38 bits per heavy atom. The van der Waals surface area contributed by atoms with Crippen LogP contribution in [0.25, 0.3) is 0 Å². The number of sulfonamides is 1. The zero-order valence-electron chi connectivity index (χ0n) is 18.1. The number of hydrogen-bond acceptors (Lipinski definition) is 5. The van der Waals surface area contributed by atoms with Crippen LogP contribution in [0, 0.1) is 4.91 Å². The molecule has 0 atom stereocenters. The first-order valence-corrected chi connectivity index (χ1v) is 12.4. The van der Waals surface area contributed by atoms with Crippen LogP contribution in [0.3, 0.4) is 0 Å². The second-order valence-corrected chi connectivity index (χ2v) is 10.6. The molecule has 2 aromatic rings. The van der Waals surface area contributed by atoms with Gasteiger partial charge in [0.1, 0.15) is 16.4 Å². The minimum Gasteiger partial charge on any atom is -0.456 e. The molecule has 0 unspecified atom stereocenters. The molecule has 10 heteroatoms. The SMILES string of the molecule is C=C(CCN(C)S(=O)(=O)c1cc([N+](C)=O)ccc1Oc1cc(Cl)cc(Cl)c1)N1CCCC1. The molecular formula is C22H26Cl2N3O4S+. The molecule has 0 N–H and O–H groups in total. The Hall–Kier alpha value is -2.13. The summed E-state index contributed by atoms with van der Waals surface area (Å²) in [7, 11) is -1.17. The highest BCUT2D eigenvalue weighted by molar-refractivity contribution is 7.89. The highest BCUT2D eigenvalue weighted by Crippen LogP contribution is 2.35. The molecule has 3 rings (SSSR count). The molecule has 0 amide bonds. The summed E-state index contributed by atoms with van der Waals surface area (Å²) in [6.45, 7) is 6.25. The largest absolute Gasteiger partial charge is 0.456 e. The van der Waals surface area contributed by atoms with Crippen molar-refractivity contribution >= 4 is 38.9 Å². The van der Waals surface area contributed by atoms with Gasteiger partial charge in [-0.2, -0.15) is 0 Å². The maximum absolute atomic E-state index is 13.4. The van der Waals surface area contributed by atoms with Gasteiger partial charge in [0.25, 0.3) is 5.69 Å². The zero-order chi connectivity index (χ0) is 23.5. The van der Waals surface area contributed by atoms with E-state index in [1.54, 1.807) is 6.07 Å². The summed E-state index contributed by atoms with van der Waals surface area (Å²) in [6, 6.07) is 8.84. The Labute approximate surface area is 198 Å². The standard InChI is InChI=1S/C22H26Cl2N3O4S/c1-16(27-9-4-5-10-27)8-11-25(2)32(29,30)22-15-19(26(3)28)6-7-21(22)31-20-13-17(23)12-18(24)14-20/h6-7,12-15H,1,4-5,8-11H2,2-3H3/q+1. The molecular weight excluding hydrogens is 473 g/mol. The van der Waals surface area contributed by atoms with Crippen molar-refractivity contribution < 1.29 is 17.9 Å². The number of likely N-dealkylation sites (tertiary alicyclic amines) is 1. The summed E-state index contributed by atoms with van der Waals surface area (Å²) >= 11 is 12.1. The summed E-state index contributed by atoms with van der Waals surface area (Å²) in [5.74, 6) is 0.353. The number of benzene rings is 2. The van der Waals surface area contributed by atoms with Crippen molar-refractivity contribution in [2.75, 3.05) is 33.7 Å². The van der Waals surface area contributed by atoms with E-state index in [1.165, 1.54) is 48.7 Å². The van der Waals surface area contributed by atoms with E-state index < -0.39 is 10.0 Å². The summed E-state index contributed by atoms with van der Waals surface area (Å²) < 4.78 is 34.5. The summed E-state index contributed by atoms with van der Waals surface area (Å²) in [6.07, 6.45) is 2.75. The third-order valence-corrected chi connectivity index (χ3v) is 7.63. The van der Waals surface area contributed by atoms with Crippen LogP contribution in [0.2, 0.25) is 10.0 Å². The monoisotopic (exact) mass is 498 g/mol. The number of nitrogens with zero attached hydrogens (tertiary/aromatic N) is 3. The minimum absolute atomic E-state index is 0.0687. The second-order valence-electron chi connectivity index (χ2n) is 7.67. The molecule has 0 radical (unpaired) electrons. The number of ether oxygens (including phenoxy) is 1. The van der Waals surface area contributed by atoms with Crippen molar-refractivity contribution in [3.63, 3.8) is 0 Å². The Morgan fingerprint density at radius 1 is 1.16 bits per heavy atom. The molecule has 1 aliphatic heterocycles. The Bertz CT molecular complexity index is 1110. The van der Waals surface area contributed by atoms with Gasteiger partial charge in [-0.15, -0.1) is 0 Å². The average molecular weight is 499 g/mol. The van der Waals surface area contributed by atoms with E-state index in [4.69, 9.17) is 27.9 Å². The third kappa shape index (κ3) is 5.81. The molecule has 7 nitrogen and oxygen atoms in total. The van der Waals surface area contributed by atoms with Crippen molar-refractivity contribution in [1.82, 2.24) is 9.21 Å². The van der Waals surface area contributed by atoms with Gasteiger partial charge in [-0.25, -0.2) is 12.7 Å². The Morgan fingerprint density at radius 2 is 1.78 bits per heavy atom. The van der Waals surface area contributed by atoms with Crippen molar-refractivity contribution in [2.24, 2.45) is 0 Å².